The van der Waals surface area contributed by atoms with Crippen molar-refractivity contribution in [2.45, 2.75) is 20.8 Å². The van der Waals surface area contributed by atoms with Gasteiger partial charge in [-0.1, -0.05) is 13.8 Å². The molecule has 0 saturated heterocycles. The van der Waals surface area contributed by atoms with E-state index < -0.39 is 11.9 Å². The van der Waals surface area contributed by atoms with E-state index in [1.807, 2.05) is 13.8 Å². The zero-order chi connectivity index (χ0) is 20.0. The molecule has 0 heterocycles. The molecule has 9 nitrogen and oxygen atoms in total. The third-order valence-corrected chi connectivity index (χ3v) is 2.43. The minimum atomic E-state index is -1.04. The molecule has 0 bridgehead atoms. The zero-order valence-electron chi connectivity index (χ0n) is 14.8. The van der Waals surface area contributed by atoms with Gasteiger partial charge in [0.2, 0.25) is 11.8 Å². The summed E-state index contributed by atoms with van der Waals surface area (Å²) >= 11 is 0. The SMILES string of the molecule is CC.CC(=O)Nc1ccc(C(=O)O)cc1.CN(CC(=O)O)C(=O)CN. The van der Waals surface area contributed by atoms with Crippen molar-refractivity contribution in [2.24, 2.45) is 5.73 Å². The molecule has 0 aliphatic carbocycles. The van der Waals surface area contributed by atoms with Crippen LogP contribution in [0, 0.1) is 0 Å². The van der Waals surface area contributed by atoms with Crippen molar-refractivity contribution in [3.05, 3.63) is 29.8 Å². The van der Waals surface area contributed by atoms with Gasteiger partial charge in [-0.05, 0) is 24.3 Å². The summed E-state index contributed by atoms with van der Waals surface area (Å²) in [6, 6.07) is 5.97. The summed E-state index contributed by atoms with van der Waals surface area (Å²) in [5.74, 6) is -2.57. The van der Waals surface area contributed by atoms with E-state index in [0.29, 0.717) is 5.69 Å². The molecular weight excluding hydrogens is 330 g/mol. The Bertz CT molecular complexity index is 572. The standard InChI is InChI=1S/C9H9NO3.C5H10N2O3.C2H6/c1-6(11)10-8-4-2-7(3-5-8)9(12)13;1-7(3-5(9)10)4(8)2-6;1-2/h2-5H,1H3,(H,10,11)(H,12,13);2-3,6H2,1H3,(H,9,10);1-2H3. The first-order valence-corrected chi connectivity index (χ1v) is 7.44. The number of carboxylic acid groups (broad SMARTS) is 2. The molecule has 1 rings (SSSR count). The van der Waals surface area contributed by atoms with Gasteiger partial charge in [0.25, 0.3) is 0 Å². The van der Waals surface area contributed by atoms with E-state index in [1.54, 1.807) is 12.1 Å². The maximum absolute atomic E-state index is 10.6. The number of amides is 2. The van der Waals surface area contributed by atoms with Crippen LogP contribution in [0.1, 0.15) is 31.1 Å². The van der Waals surface area contributed by atoms with E-state index in [9.17, 15) is 19.2 Å². The fourth-order valence-corrected chi connectivity index (χ4v) is 1.35. The van der Waals surface area contributed by atoms with Crippen LogP contribution >= 0.6 is 0 Å². The van der Waals surface area contributed by atoms with Crippen LogP contribution in [0.3, 0.4) is 0 Å². The topological polar surface area (TPSA) is 150 Å². The van der Waals surface area contributed by atoms with Crippen molar-refractivity contribution in [3.8, 4) is 0 Å². The van der Waals surface area contributed by atoms with E-state index in [0.717, 1.165) is 4.90 Å². The number of nitrogens with zero attached hydrogens (tertiary/aromatic N) is 1. The Kier molecular flexibility index (Phi) is 13.1. The highest BCUT2D eigenvalue weighted by molar-refractivity contribution is 5.91. The van der Waals surface area contributed by atoms with Crippen molar-refractivity contribution >= 4 is 29.4 Å². The van der Waals surface area contributed by atoms with Gasteiger partial charge in [-0.15, -0.1) is 0 Å². The van der Waals surface area contributed by atoms with Gasteiger partial charge in [0.05, 0.1) is 12.1 Å². The lowest BCUT2D eigenvalue weighted by molar-refractivity contribution is -0.142. The van der Waals surface area contributed by atoms with Crippen LogP contribution < -0.4 is 11.1 Å². The highest BCUT2D eigenvalue weighted by atomic mass is 16.4. The average Bonchev–Trinajstić information content (AvgIpc) is 2.55. The first kappa shape index (κ1) is 24.3. The first-order valence-electron chi connectivity index (χ1n) is 7.44. The van der Waals surface area contributed by atoms with Crippen LogP contribution in [-0.4, -0.2) is 59.0 Å². The minimum absolute atomic E-state index is 0.149. The van der Waals surface area contributed by atoms with Gasteiger partial charge < -0.3 is 26.2 Å². The number of hydrogen-bond donors (Lipinski definition) is 4. The number of aromatic carboxylic acids is 1. The molecule has 0 aliphatic rings. The number of hydrogen-bond acceptors (Lipinski definition) is 5. The van der Waals surface area contributed by atoms with Gasteiger partial charge in [-0.2, -0.15) is 0 Å². The maximum Gasteiger partial charge on any atom is 0.335 e. The lowest BCUT2D eigenvalue weighted by atomic mass is 10.2. The number of anilines is 1. The Morgan fingerprint density at radius 1 is 1.08 bits per heavy atom. The van der Waals surface area contributed by atoms with E-state index in [-0.39, 0.29) is 30.5 Å². The fraction of sp³-hybridized carbons (Fsp3) is 0.375. The Labute approximate surface area is 146 Å². The van der Waals surface area contributed by atoms with Crippen LogP contribution in [0.5, 0.6) is 0 Å². The molecule has 0 fully saturated rings. The smallest absolute Gasteiger partial charge is 0.335 e. The molecule has 0 saturated carbocycles. The van der Waals surface area contributed by atoms with Crippen molar-refractivity contribution in [2.75, 3.05) is 25.5 Å². The number of carbonyl (C=O) groups is 4. The first-order chi connectivity index (χ1) is 11.7. The molecule has 9 heteroatoms. The summed E-state index contributed by atoms with van der Waals surface area (Å²) in [7, 11) is 1.39. The molecule has 1 aromatic carbocycles. The van der Waals surface area contributed by atoms with E-state index in [4.69, 9.17) is 15.9 Å². The predicted octanol–water partition coefficient (Wildman–Crippen LogP) is 0.858. The molecule has 0 aromatic heterocycles. The fourth-order valence-electron chi connectivity index (χ4n) is 1.35. The van der Waals surface area contributed by atoms with Gasteiger partial charge in [0, 0.05) is 19.7 Å². The second-order valence-electron chi connectivity index (χ2n) is 4.41. The number of benzene rings is 1. The largest absolute Gasteiger partial charge is 0.480 e. The zero-order valence-corrected chi connectivity index (χ0v) is 14.8. The quantitative estimate of drug-likeness (QED) is 0.611. The summed E-state index contributed by atoms with van der Waals surface area (Å²) in [5, 5.41) is 19.3. The molecular formula is C16H25N3O6. The van der Waals surface area contributed by atoms with Gasteiger partial charge in [0.15, 0.2) is 0 Å². The molecule has 5 N–H and O–H groups in total. The molecule has 140 valence electrons. The Morgan fingerprint density at radius 2 is 1.56 bits per heavy atom. The monoisotopic (exact) mass is 355 g/mol. The van der Waals surface area contributed by atoms with Crippen molar-refractivity contribution in [1.29, 1.82) is 0 Å². The van der Waals surface area contributed by atoms with Crippen LogP contribution in [0.4, 0.5) is 5.69 Å². The van der Waals surface area contributed by atoms with Gasteiger partial charge in [0.1, 0.15) is 6.54 Å². The summed E-state index contributed by atoms with van der Waals surface area (Å²) < 4.78 is 0. The second kappa shape index (κ2) is 13.5. The summed E-state index contributed by atoms with van der Waals surface area (Å²) in [4.78, 5) is 42.7. The van der Waals surface area contributed by atoms with Crippen molar-refractivity contribution in [3.63, 3.8) is 0 Å². The molecule has 0 spiro atoms. The Morgan fingerprint density at radius 3 is 1.88 bits per heavy atom. The molecule has 0 atom stereocenters. The highest BCUT2D eigenvalue weighted by Gasteiger charge is 2.08. The van der Waals surface area contributed by atoms with Gasteiger partial charge >= 0.3 is 11.9 Å². The van der Waals surface area contributed by atoms with E-state index in [1.165, 1.54) is 26.1 Å². The third kappa shape index (κ3) is 12.2. The lowest BCUT2D eigenvalue weighted by Crippen LogP contribution is -2.36. The van der Waals surface area contributed by atoms with Gasteiger partial charge in [-0.3, -0.25) is 14.4 Å². The highest BCUT2D eigenvalue weighted by Crippen LogP contribution is 2.08. The Hall–Kier alpha value is -2.94. The molecule has 0 unspecified atom stereocenters. The van der Waals surface area contributed by atoms with Crippen LogP contribution in [0.2, 0.25) is 0 Å². The Balaban J connectivity index is 0. The number of carboxylic acids is 2. The number of nitrogens with two attached hydrogens (primary N) is 1. The van der Waals surface area contributed by atoms with E-state index in [2.05, 4.69) is 5.32 Å². The van der Waals surface area contributed by atoms with Gasteiger partial charge in [-0.25, -0.2) is 4.79 Å². The van der Waals surface area contributed by atoms with Crippen LogP contribution in [0.25, 0.3) is 0 Å². The summed E-state index contributed by atoms with van der Waals surface area (Å²) in [6.45, 7) is 4.95. The maximum atomic E-state index is 10.6. The second-order valence-corrected chi connectivity index (χ2v) is 4.41. The normalized spacial score (nSPS) is 8.68. The number of likely N-dealkylation sites (N-methyl/N-ethyl adjacent to an activating group) is 1. The number of carbonyl (C=O) groups excluding carboxylic acids is 2. The van der Waals surface area contributed by atoms with Crippen molar-refractivity contribution < 1.29 is 29.4 Å². The van der Waals surface area contributed by atoms with Crippen LogP contribution in [-0.2, 0) is 14.4 Å². The summed E-state index contributed by atoms with van der Waals surface area (Å²) in [6.07, 6.45) is 0. The van der Waals surface area contributed by atoms with Crippen molar-refractivity contribution in [1.82, 2.24) is 4.90 Å². The minimum Gasteiger partial charge on any atom is -0.480 e. The molecule has 0 aliphatic heterocycles. The summed E-state index contributed by atoms with van der Waals surface area (Å²) in [5.41, 5.74) is 5.76. The molecule has 25 heavy (non-hydrogen) atoms. The lowest BCUT2D eigenvalue weighted by Gasteiger charge is -2.11. The molecule has 0 radical (unpaired) electrons. The predicted molar refractivity (Wildman–Crippen MR) is 93.4 cm³/mol. The average molecular weight is 355 g/mol. The number of rotatable bonds is 5. The number of aliphatic carboxylic acids is 1. The van der Waals surface area contributed by atoms with Crippen LogP contribution in [0.15, 0.2) is 24.3 Å². The molecule has 1 aromatic rings. The number of nitrogens with one attached hydrogen (secondary N) is 1. The van der Waals surface area contributed by atoms with E-state index >= 15 is 0 Å². The third-order valence-electron chi connectivity index (χ3n) is 2.43. The molecule has 2 amide bonds.